The Morgan fingerprint density at radius 1 is 0.714 bits per heavy atom. The van der Waals surface area contributed by atoms with Gasteiger partial charge in [-0.05, 0) is 34.9 Å². The topological polar surface area (TPSA) is 23.4 Å². The lowest BCUT2D eigenvalue weighted by atomic mass is 9.86. The summed E-state index contributed by atoms with van der Waals surface area (Å²) in [6, 6.07) is 36.2. The van der Waals surface area contributed by atoms with Gasteiger partial charge < -0.3 is 14.0 Å². The minimum absolute atomic E-state index is 0.00613. The number of nitrogens with zero attached hydrogens (tertiary/aromatic N) is 1. The van der Waals surface area contributed by atoms with Gasteiger partial charge in [0.2, 0.25) is 0 Å². The molecule has 0 saturated heterocycles. The third kappa shape index (κ3) is 3.57. The van der Waals surface area contributed by atoms with E-state index in [9.17, 15) is 0 Å². The molecule has 1 aliphatic rings. The van der Waals surface area contributed by atoms with Crippen molar-refractivity contribution in [2.24, 2.45) is 0 Å². The van der Waals surface area contributed by atoms with Gasteiger partial charge in [-0.3, -0.25) is 0 Å². The Morgan fingerprint density at radius 2 is 1.37 bits per heavy atom. The fourth-order valence-electron chi connectivity index (χ4n) is 5.21. The maximum atomic E-state index is 5.96. The number of benzene rings is 4. The van der Waals surface area contributed by atoms with Crippen LogP contribution in [-0.2, 0) is 0 Å². The van der Waals surface area contributed by atoms with Crippen molar-refractivity contribution in [1.82, 2.24) is 4.57 Å². The van der Waals surface area contributed by atoms with E-state index in [-0.39, 0.29) is 5.92 Å². The molecular weight excluding hydrogens is 498 g/mol. The monoisotopic (exact) mass is 521 g/mol. The predicted molar refractivity (Wildman–Crippen MR) is 145 cm³/mol. The van der Waals surface area contributed by atoms with Crippen LogP contribution in [-0.4, -0.2) is 18.8 Å². The van der Waals surface area contributed by atoms with Crippen LogP contribution in [0.5, 0.6) is 11.5 Å². The number of methoxy groups -OCH3 is 2. The Balaban J connectivity index is 1.74. The van der Waals surface area contributed by atoms with Gasteiger partial charge in [-0.1, -0.05) is 88.7 Å². The van der Waals surface area contributed by atoms with Gasteiger partial charge in [0, 0.05) is 33.4 Å². The Hall–Kier alpha value is -3.76. The number of ether oxygens (including phenoxy) is 2. The molecule has 4 heteroatoms. The average molecular weight is 522 g/mol. The van der Waals surface area contributed by atoms with Crippen LogP contribution < -0.4 is 9.47 Å². The molecule has 0 fully saturated rings. The largest absolute Gasteiger partial charge is 0.497 e. The number of hydrogen-bond acceptors (Lipinski definition) is 2. The highest BCUT2D eigenvalue weighted by Crippen LogP contribution is 2.54. The molecule has 1 atom stereocenters. The molecule has 172 valence electrons. The minimum Gasteiger partial charge on any atom is -0.497 e. The zero-order valence-electron chi connectivity index (χ0n) is 19.5. The van der Waals surface area contributed by atoms with Crippen molar-refractivity contribution in [2.75, 3.05) is 14.2 Å². The molecule has 5 aromatic rings. The summed E-state index contributed by atoms with van der Waals surface area (Å²) in [6.45, 7) is 0. The normalized spacial score (nSPS) is 13.9. The van der Waals surface area contributed by atoms with E-state index in [1.807, 2.05) is 6.07 Å². The molecule has 35 heavy (non-hydrogen) atoms. The first-order valence-electron chi connectivity index (χ1n) is 11.6. The Kier molecular flexibility index (Phi) is 5.46. The quantitative estimate of drug-likeness (QED) is 0.229. The highest BCUT2D eigenvalue weighted by Gasteiger charge is 2.38. The maximum absolute atomic E-state index is 5.96. The Morgan fingerprint density at radius 3 is 2.00 bits per heavy atom. The summed E-state index contributed by atoms with van der Waals surface area (Å²) >= 11 is 3.60. The van der Waals surface area contributed by atoms with Crippen LogP contribution in [0.4, 0.5) is 0 Å². The van der Waals surface area contributed by atoms with Gasteiger partial charge >= 0.3 is 0 Å². The SMILES string of the molecule is COc1cc(OC)c2c(c1)-n1c(-c3ccccc3)cc(-c3ccccc3)c1C2c1ccc(Br)cc1. The third-order valence-electron chi connectivity index (χ3n) is 6.75. The van der Waals surface area contributed by atoms with Crippen molar-refractivity contribution < 1.29 is 9.47 Å². The summed E-state index contributed by atoms with van der Waals surface area (Å²) in [4.78, 5) is 0. The van der Waals surface area contributed by atoms with E-state index < -0.39 is 0 Å². The van der Waals surface area contributed by atoms with Crippen LogP contribution in [0.15, 0.2) is 108 Å². The van der Waals surface area contributed by atoms with Gasteiger partial charge in [0.05, 0.1) is 31.5 Å². The van der Waals surface area contributed by atoms with Gasteiger partial charge in [0.1, 0.15) is 11.5 Å². The van der Waals surface area contributed by atoms with E-state index >= 15 is 0 Å². The molecule has 0 amide bonds. The molecule has 0 spiro atoms. The smallest absolute Gasteiger partial charge is 0.128 e. The first kappa shape index (κ1) is 21.8. The van der Waals surface area contributed by atoms with E-state index in [0.29, 0.717) is 0 Å². The first-order valence-corrected chi connectivity index (χ1v) is 12.4. The van der Waals surface area contributed by atoms with Gasteiger partial charge in [-0.15, -0.1) is 0 Å². The summed E-state index contributed by atoms with van der Waals surface area (Å²) in [7, 11) is 3.43. The molecule has 0 N–H and O–H groups in total. The second-order valence-electron chi connectivity index (χ2n) is 8.64. The van der Waals surface area contributed by atoms with Crippen LogP contribution in [0.3, 0.4) is 0 Å². The summed E-state index contributed by atoms with van der Waals surface area (Å²) in [5, 5.41) is 0. The van der Waals surface area contributed by atoms with Gasteiger partial charge in [-0.25, -0.2) is 0 Å². The summed E-state index contributed by atoms with van der Waals surface area (Å²) in [5.74, 6) is 1.61. The number of hydrogen-bond donors (Lipinski definition) is 0. The van der Waals surface area contributed by atoms with Crippen molar-refractivity contribution in [2.45, 2.75) is 5.92 Å². The molecule has 2 heterocycles. The summed E-state index contributed by atoms with van der Waals surface area (Å²) in [6.07, 6.45) is 0. The molecule has 4 aromatic carbocycles. The van der Waals surface area contributed by atoms with Crippen molar-refractivity contribution >= 4 is 15.9 Å². The predicted octanol–water partition coefficient (Wildman–Crippen LogP) is 8.08. The molecule has 6 rings (SSSR count). The summed E-state index contributed by atoms with van der Waals surface area (Å²) < 4.78 is 15.1. The second kappa shape index (κ2) is 8.79. The molecule has 1 aromatic heterocycles. The molecule has 1 aliphatic heterocycles. The van der Waals surface area contributed by atoms with Crippen molar-refractivity contribution in [3.63, 3.8) is 0 Å². The number of aromatic nitrogens is 1. The van der Waals surface area contributed by atoms with Crippen molar-refractivity contribution in [1.29, 1.82) is 0 Å². The van der Waals surface area contributed by atoms with Crippen LogP contribution >= 0.6 is 15.9 Å². The van der Waals surface area contributed by atoms with E-state index in [4.69, 9.17) is 9.47 Å². The average Bonchev–Trinajstić information content (AvgIpc) is 3.46. The zero-order valence-corrected chi connectivity index (χ0v) is 21.1. The highest BCUT2D eigenvalue weighted by atomic mass is 79.9. The molecule has 3 nitrogen and oxygen atoms in total. The van der Waals surface area contributed by atoms with Crippen molar-refractivity contribution in [3.05, 3.63) is 124 Å². The third-order valence-corrected chi connectivity index (χ3v) is 7.28. The fraction of sp³-hybridized carbons (Fsp3) is 0.0968. The number of rotatable bonds is 5. The second-order valence-corrected chi connectivity index (χ2v) is 9.56. The van der Waals surface area contributed by atoms with Gasteiger partial charge in [-0.2, -0.15) is 0 Å². The van der Waals surface area contributed by atoms with Crippen molar-refractivity contribution in [3.8, 4) is 39.6 Å². The maximum Gasteiger partial charge on any atom is 0.128 e. The molecule has 0 aliphatic carbocycles. The van der Waals surface area contributed by atoms with E-state index in [1.165, 1.54) is 27.9 Å². The molecule has 1 unspecified atom stereocenters. The van der Waals surface area contributed by atoms with Crippen LogP contribution in [0.2, 0.25) is 0 Å². The van der Waals surface area contributed by atoms with Crippen LogP contribution in [0, 0.1) is 0 Å². The lowest BCUT2D eigenvalue weighted by molar-refractivity contribution is 0.391. The van der Waals surface area contributed by atoms with E-state index in [1.54, 1.807) is 14.2 Å². The number of fused-ring (bicyclic) bond motifs is 3. The van der Waals surface area contributed by atoms with Gasteiger partial charge in [0.15, 0.2) is 0 Å². The lowest BCUT2D eigenvalue weighted by Gasteiger charge is -2.18. The zero-order chi connectivity index (χ0) is 23.9. The minimum atomic E-state index is 0.00613. The van der Waals surface area contributed by atoms with E-state index in [2.05, 4.69) is 118 Å². The Bertz CT molecular complexity index is 1510. The molecule has 0 saturated carbocycles. The lowest BCUT2D eigenvalue weighted by Crippen LogP contribution is -2.03. The number of halogens is 1. The van der Waals surface area contributed by atoms with Gasteiger partial charge in [0.25, 0.3) is 0 Å². The standard InChI is InChI=1S/C31H24BrNO2/c1-34-24-17-27-30(28(18-24)35-2)29(22-13-15-23(32)16-14-22)31-25(20-9-5-3-6-10-20)19-26(33(27)31)21-11-7-4-8-12-21/h3-19,29H,1-2H3. The fourth-order valence-corrected chi connectivity index (χ4v) is 5.47. The molecule has 0 radical (unpaired) electrons. The van der Waals surface area contributed by atoms with E-state index in [0.717, 1.165) is 32.9 Å². The molecule has 0 bridgehead atoms. The van der Waals surface area contributed by atoms with Crippen LogP contribution in [0.1, 0.15) is 22.7 Å². The summed E-state index contributed by atoms with van der Waals surface area (Å²) in [5.41, 5.74) is 9.42. The Labute approximate surface area is 213 Å². The molecular formula is C31H24BrNO2. The first-order chi connectivity index (χ1) is 17.2. The van der Waals surface area contributed by atoms with Crippen LogP contribution in [0.25, 0.3) is 28.1 Å². The highest BCUT2D eigenvalue weighted by molar-refractivity contribution is 9.10.